The molecule has 0 spiro atoms. The number of rotatable bonds is 9. The number of alkyl carbamates (subject to hydrolysis) is 1. The molecule has 0 saturated heterocycles. The molecule has 3 aliphatic rings. The van der Waals surface area contributed by atoms with Crippen LogP contribution in [0.1, 0.15) is 42.7 Å². The summed E-state index contributed by atoms with van der Waals surface area (Å²) in [6, 6.07) is 16.1. The predicted octanol–water partition coefficient (Wildman–Crippen LogP) is 3.53. The minimum absolute atomic E-state index is 0.00783. The van der Waals surface area contributed by atoms with Crippen LogP contribution in [0, 0.1) is 17.8 Å². The molecule has 0 aromatic heterocycles. The highest BCUT2D eigenvalue weighted by atomic mass is 16.5. The van der Waals surface area contributed by atoms with E-state index in [4.69, 9.17) is 9.84 Å². The fourth-order valence-corrected chi connectivity index (χ4v) is 4.92. The second-order valence-corrected chi connectivity index (χ2v) is 9.36. The van der Waals surface area contributed by atoms with Gasteiger partial charge in [0.05, 0.1) is 5.92 Å². The molecule has 0 radical (unpaired) electrons. The van der Waals surface area contributed by atoms with E-state index in [0.29, 0.717) is 13.0 Å². The molecule has 7 nitrogen and oxygen atoms in total. The first kappa shape index (κ1) is 21.5. The van der Waals surface area contributed by atoms with Crippen molar-refractivity contribution in [3.63, 3.8) is 0 Å². The van der Waals surface area contributed by atoms with Crippen LogP contribution < -0.4 is 10.6 Å². The van der Waals surface area contributed by atoms with Crippen molar-refractivity contribution in [1.82, 2.24) is 10.6 Å². The Hall–Kier alpha value is -3.35. The summed E-state index contributed by atoms with van der Waals surface area (Å²) < 4.78 is 5.63. The smallest absolute Gasteiger partial charge is 0.407 e. The molecule has 2 aromatic rings. The zero-order valence-corrected chi connectivity index (χ0v) is 18.3. The zero-order chi connectivity index (χ0) is 22.9. The molecule has 2 aromatic carbocycles. The fraction of sp³-hybridized carbons (Fsp3) is 0.423. The standard InChI is InChI=1S/C26H28N2O5/c29-24(27-13-16-11-21(16)25(30)31)12-23(15-9-10-15)28-26(32)33-14-22-19-7-3-1-5-17(19)18-6-2-4-8-20(18)22/h1-8,15-16,21-23H,9-14H2,(H,27,29)(H,28,32)(H,30,31)/t16-,21-,23?/m1/s1. The molecule has 2 fully saturated rings. The highest BCUT2D eigenvalue weighted by molar-refractivity contribution is 5.80. The van der Waals surface area contributed by atoms with Gasteiger partial charge in [-0.15, -0.1) is 0 Å². The van der Waals surface area contributed by atoms with E-state index in [1.165, 1.54) is 11.1 Å². The molecule has 3 N–H and O–H groups in total. The van der Waals surface area contributed by atoms with E-state index in [2.05, 4.69) is 34.9 Å². The van der Waals surface area contributed by atoms with E-state index in [1.807, 2.05) is 24.3 Å². The summed E-state index contributed by atoms with van der Waals surface area (Å²) in [5.74, 6) is -1.02. The monoisotopic (exact) mass is 448 g/mol. The van der Waals surface area contributed by atoms with Crippen molar-refractivity contribution in [2.24, 2.45) is 17.8 Å². The SMILES string of the molecule is O=C(CC(NC(=O)OCC1c2ccccc2-c2ccccc21)C1CC1)NC[C@H]1C[C@H]1C(=O)O. The van der Waals surface area contributed by atoms with E-state index in [9.17, 15) is 14.4 Å². The van der Waals surface area contributed by atoms with Gasteiger partial charge in [-0.25, -0.2) is 4.79 Å². The predicted molar refractivity (Wildman–Crippen MR) is 122 cm³/mol. The molecule has 0 bridgehead atoms. The van der Waals surface area contributed by atoms with Crippen molar-refractivity contribution in [3.8, 4) is 11.1 Å². The lowest BCUT2D eigenvalue weighted by molar-refractivity contribution is -0.139. The Morgan fingerprint density at radius 1 is 1.00 bits per heavy atom. The van der Waals surface area contributed by atoms with Crippen LogP contribution in [-0.4, -0.2) is 42.3 Å². The van der Waals surface area contributed by atoms with Gasteiger partial charge in [-0.2, -0.15) is 0 Å². The molecule has 2 amide bonds. The minimum atomic E-state index is -0.804. The summed E-state index contributed by atoms with van der Waals surface area (Å²) in [7, 11) is 0. The third-order valence-corrected chi connectivity index (χ3v) is 7.04. The van der Waals surface area contributed by atoms with Crippen molar-refractivity contribution < 1.29 is 24.2 Å². The van der Waals surface area contributed by atoms with E-state index in [0.717, 1.165) is 24.0 Å². The maximum Gasteiger partial charge on any atom is 0.407 e. The number of ether oxygens (including phenoxy) is 1. The van der Waals surface area contributed by atoms with E-state index < -0.39 is 12.1 Å². The summed E-state index contributed by atoms with van der Waals surface area (Å²) in [6.07, 6.45) is 2.24. The number of carbonyl (C=O) groups is 3. The van der Waals surface area contributed by atoms with Crippen LogP contribution in [0.5, 0.6) is 0 Å². The molecule has 0 aliphatic heterocycles. The second kappa shape index (κ2) is 8.89. The quantitative estimate of drug-likeness (QED) is 0.544. The lowest BCUT2D eigenvalue weighted by Gasteiger charge is -2.19. The van der Waals surface area contributed by atoms with E-state index in [-0.39, 0.29) is 48.6 Å². The zero-order valence-electron chi connectivity index (χ0n) is 18.3. The highest BCUT2D eigenvalue weighted by Crippen LogP contribution is 2.44. The van der Waals surface area contributed by atoms with Crippen LogP contribution in [0.25, 0.3) is 11.1 Å². The second-order valence-electron chi connectivity index (χ2n) is 9.36. The first-order valence-corrected chi connectivity index (χ1v) is 11.6. The Morgan fingerprint density at radius 3 is 2.21 bits per heavy atom. The number of aliphatic carboxylic acids is 1. The third kappa shape index (κ3) is 4.72. The number of nitrogens with one attached hydrogen (secondary N) is 2. The topological polar surface area (TPSA) is 105 Å². The Bertz CT molecular complexity index is 1030. The molecule has 5 rings (SSSR count). The van der Waals surface area contributed by atoms with Gasteiger partial charge >= 0.3 is 12.1 Å². The van der Waals surface area contributed by atoms with Crippen LogP contribution in [0.3, 0.4) is 0 Å². The van der Waals surface area contributed by atoms with Gasteiger partial charge in [-0.3, -0.25) is 9.59 Å². The Balaban J connectivity index is 1.14. The maximum atomic E-state index is 12.6. The van der Waals surface area contributed by atoms with Gasteiger partial charge in [0.2, 0.25) is 5.91 Å². The normalized spacial score (nSPS) is 21.5. The lowest BCUT2D eigenvalue weighted by Crippen LogP contribution is -2.41. The number of carboxylic acids is 1. The first-order chi connectivity index (χ1) is 16.0. The highest BCUT2D eigenvalue weighted by Gasteiger charge is 2.43. The lowest BCUT2D eigenvalue weighted by atomic mass is 9.98. The van der Waals surface area contributed by atoms with Crippen LogP contribution in [0.2, 0.25) is 0 Å². The molecule has 7 heteroatoms. The molecule has 172 valence electrons. The summed E-state index contributed by atoms with van der Waals surface area (Å²) in [5.41, 5.74) is 4.67. The van der Waals surface area contributed by atoms with Crippen molar-refractivity contribution in [2.45, 2.75) is 37.6 Å². The van der Waals surface area contributed by atoms with E-state index in [1.54, 1.807) is 0 Å². The van der Waals surface area contributed by atoms with Gasteiger partial charge in [0.25, 0.3) is 0 Å². The van der Waals surface area contributed by atoms with Crippen molar-refractivity contribution in [2.75, 3.05) is 13.2 Å². The Kier molecular flexibility index (Phi) is 5.79. The van der Waals surface area contributed by atoms with Crippen LogP contribution in [-0.2, 0) is 14.3 Å². The van der Waals surface area contributed by atoms with Crippen molar-refractivity contribution in [1.29, 1.82) is 0 Å². The number of hydrogen-bond acceptors (Lipinski definition) is 4. The third-order valence-electron chi connectivity index (χ3n) is 7.04. The largest absolute Gasteiger partial charge is 0.481 e. The number of fused-ring (bicyclic) bond motifs is 3. The number of benzene rings is 2. The van der Waals surface area contributed by atoms with Crippen molar-refractivity contribution >= 4 is 18.0 Å². The van der Waals surface area contributed by atoms with Crippen LogP contribution >= 0.6 is 0 Å². The molecule has 2 saturated carbocycles. The maximum absolute atomic E-state index is 12.6. The van der Waals surface area contributed by atoms with Gasteiger partial charge in [0, 0.05) is 24.9 Å². The van der Waals surface area contributed by atoms with Gasteiger partial charge in [-0.05, 0) is 53.4 Å². The molecule has 33 heavy (non-hydrogen) atoms. The number of carboxylic acid groups (broad SMARTS) is 1. The first-order valence-electron chi connectivity index (χ1n) is 11.6. The van der Waals surface area contributed by atoms with Crippen molar-refractivity contribution in [3.05, 3.63) is 59.7 Å². The molecule has 3 aliphatic carbocycles. The Morgan fingerprint density at radius 2 is 1.64 bits per heavy atom. The van der Waals surface area contributed by atoms with Gasteiger partial charge in [0.1, 0.15) is 6.61 Å². The summed E-state index contributed by atoms with van der Waals surface area (Å²) in [4.78, 5) is 35.9. The number of amides is 2. The summed E-state index contributed by atoms with van der Waals surface area (Å²) in [6.45, 7) is 0.611. The van der Waals surface area contributed by atoms with Gasteiger partial charge in [-0.1, -0.05) is 48.5 Å². The molecule has 0 heterocycles. The van der Waals surface area contributed by atoms with Crippen LogP contribution in [0.15, 0.2) is 48.5 Å². The van der Waals surface area contributed by atoms with E-state index >= 15 is 0 Å². The summed E-state index contributed by atoms with van der Waals surface area (Å²) in [5, 5.41) is 14.7. The molecule has 3 atom stereocenters. The minimum Gasteiger partial charge on any atom is -0.481 e. The summed E-state index contributed by atoms with van der Waals surface area (Å²) >= 11 is 0. The number of hydrogen-bond donors (Lipinski definition) is 3. The molecular formula is C26H28N2O5. The van der Waals surface area contributed by atoms with Gasteiger partial charge < -0.3 is 20.5 Å². The average molecular weight is 449 g/mol. The number of carbonyl (C=O) groups excluding carboxylic acids is 2. The molecule has 1 unspecified atom stereocenters. The molecular weight excluding hydrogens is 420 g/mol. The van der Waals surface area contributed by atoms with Crippen LogP contribution in [0.4, 0.5) is 4.79 Å². The fourth-order valence-electron chi connectivity index (χ4n) is 4.92. The Labute approximate surface area is 192 Å². The van der Waals surface area contributed by atoms with Gasteiger partial charge in [0.15, 0.2) is 0 Å². The average Bonchev–Trinajstić information content (AvgIpc) is 3.72.